The van der Waals surface area contributed by atoms with Crippen molar-refractivity contribution in [2.45, 2.75) is 70.6 Å². The molecular formula is C29H34N2O4. The second kappa shape index (κ2) is 7.89. The summed E-state index contributed by atoms with van der Waals surface area (Å²) in [6, 6.07) is 7.99. The van der Waals surface area contributed by atoms with E-state index in [2.05, 4.69) is 49.3 Å². The zero-order valence-corrected chi connectivity index (χ0v) is 20.7. The predicted molar refractivity (Wildman–Crippen MR) is 133 cm³/mol. The molecule has 3 heterocycles. The Bertz CT molecular complexity index is 1250. The molecule has 2 saturated heterocycles. The first kappa shape index (κ1) is 22.7. The van der Waals surface area contributed by atoms with Crippen molar-refractivity contribution < 1.29 is 19.1 Å². The average Bonchev–Trinajstić information content (AvgIpc) is 3.23. The van der Waals surface area contributed by atoms with E-state index in [4.69, 9.17) is 4.74 Å². The number of carbonyl (C=O) groups excluding carboxylic acids is 3. The lowest BCUT2D eigenvalue weighted by atomic mass is 9.51. The number of carbonyl (C=O) groups is 3. The number of amides is 1. The van der Waals surface area contributed by atoms with Gasteiger partial charge in [0.15, 0.2) is 0 Å². The van der Waals surface area contributed by atoms with E-state index >= 15 is 0 Å². The van der Waals surface area contributed by atoms with Gasteiger partial charge in [0, 0.05) is 54.2 Å². The molecule has 184 valence electrons. The molecule has 6 heteroatoms. The zero-order valence-electron chi connectivity index (χ0n) is 20.7. The van der Waals surface area contributed by atoms with Crippen molar-refractivity contribution in [1.82, 2.24) is 10.3 Å². The Kier molecular flexibility index (Phi) is 5.12. The van der Waals surface area contributed by atoms with E-state index in [1.807, 2.05) is 24.4 Å². The molecule has 0 bridgehead atoms. The third-order valence-corrected chi connectivity index (χ3v) is 9.50. The number of H-pyrrole nitrogens is 1. The largest absolute Gasteiger partial charge is 0.365 e. The van der Waals surface area contributed by atoms with E-state index in [9.17, 15) is 14.4 Å². The molecule has 2 N–H and O–H groups in total. The summed E-state index contributed by atoms with van der Waals surface area (Å²) < 4.78 is 6.32. The summed E-state index contributed by atoms with van der Waals surface area (Å²) in [6.45, 7) is 6.34. The fourth-order valence-electron chi connectivity index (χ4n) is 7.55. The number of Topliss-reactive ketones (excluding diaryl/α,β-unsaturated/α-hetero) is 2. The molecule has 35 heavy (non-hydrogen) atoms. The summed E-state index contributed by atoms with van der Waals surface area (Å²) in [4.78, 5) is 44.0. The fourth-order valence-corrected chi connectivity index (χ4v) is 7.55. The minimum atomic E-state index is -1.19. The fraction of sp³-hybridized carbons (Fsp3) is 0.552. The first-order valence-electron chi connectivity index (χ1n) is 13.0. The first-order valence-corrected chi connectivity index (χ1v) is 13.0. The van der Waals surface area contributed by atoms with Gasteiger partial charge in [0.05, 0.1) is 11.7 Å². The second-order valence-electron chi connectivity index (χ2n) is 11.5. The van der Waals surface area contributed by atoms with Gasteiger partial charge in [-0.1, -0.05) is 44.2 Å². The van der Waals surface area contributed by atoms with Crippen LogP contribution in [0.4, 0.5) is 0 Å². The molecule has 0 unspecified atom stereocenters. The molecule has 1 aromatic carbocycles. The van der Waals surface area contributed by atoms with Crippen molar-refractivity contribution in [2.24, 2.45) is 29.1 Å². The van der Waals surface area contributed by atoms with Gasteiger partial charge >= 0.3 is 0 Å². The number of nitrogens with one attached hydrogen (secondary N) is 2. The third-order valence-electron chi connectivity index (χ3n) is 9.50. The van der Waals surface area contributed by atoms with Gasteiger partial charge < -0.3 is 15.0 Å². The number of aromatic nitrogens is 1. The lowest BCUT2D eigenvalue weighted by molar-refractivity contribution is -0.149. The standard InChI is InChI=1S/C29H34N2O4/c1-16-7-6-9-21-26-28(3,35-26)17(2)25-23(14-18-15-30-22-10-5-4-8-20(18)22)31-27(34)29(21,25)24(33)12-11-19(32)13-16/h4-6,8-10,15-17,21,23,25-26,30H,7,11-14H2,1-3H3,(H,31,34)/b9-6+/t16-,17-,21-,23-,25-,26-,28+,29+/m0/s1. The van der Waals surface area contributed by atoms with Gasteiger partial charge in [-0.25, -0.2) is 0 Å². The summed E-state index contributed by atoms with van der Waals surface area (Å²) in [7, 11) is 0. The van der Waals surface area contributed by atoms with Crippen molar-refractivity contribution in [3.05, 3.63) is 48.2 Å². The Labute approximate surface area is 205 Å². The molecule has 2 aliphatic heterocycles. The van der Waals surface area contributed by atoms with Crippen molar-refractivity contribution in [2.75, 3.05) is 0 Å². The number of allylic oxidation sites excluding steroid dienone is 1. The minimum absolute atomic E-state index is 0.0232. The zero-order chi connectivity index (χ0) is 24.5. The van der Waals surface area contributed by atoms with Crippen LogP contribution in [0.3, 0.4) is 0 Å². The Balaban J connectivity index is 1.45. The highest BCUT2D eigenvalue weighted by atomic mass is 16.6. The molecule has 6 nitrogen and oxygen atoms in total. The lowest BCUT2D eigenvalue weighted by Gasteiger charge is -2.46. The Morgan fingerprint density at radius 3 is 2.74 bits per heavy atom. The second-order valence-corrected chi connectivity index (χ2v) is 11.5. The van der Waals surface area contributed by atoms with Crippen LogP contribution in [0.5, 0.6) is 0 Å². The molecule has 1 aromatic heterocycles. The van der Waals surface area contributed by atoms with Crippen LogP contribution in [0.15, 0.2) is 42.6 Å². The molecule has 1 spiro atoms. The van der Waals surface area contributed by atoms with Crippen LogP contribution in [0.1, 0.15) is 52.0 Å². The number of fused-ring (bicyclic) bond motifs is 3. The van der Waals surface area contributed by atoms with Crippen LogP contribution in [0, 0.1) is 29.1 Å². The van der Waals surface area contributed by atoms with Crippen molar-refractivity contribution in [3.63, 3.8) is 0 Å². The van der Waals surface area contributed by atoms with Crippen LogP contribution in [0.25, 0.3) is 10.9 Å². The highest BCUT2D eigenvalue weighted by Crippen LogP contribution is 2.66. The van der Waals surface area contributed by atoms with Gasteiger partial charge in [0.25, 0.3) is 0 Å². The Hall–Kier alpha value is -2.73. The van der Waals surface area contributed by atoms with Crippen molar-refractivity contribution in [1.29, 1.82) is 0 Å². The number of ketones is 2. The van der Waals surface area contributed by atoms with Crippen LogP contribution in [-0.4, -0.2) is 40.2 Å². The summed E-state index contributed by atoms with van der Waals surface area (Å²) >= 11 is 0. The Morgan fingerprint density at radius 2 is 1.91 bits per heavy atom. The van der Waals surface area contributed by atoms with E-state index < -0.39 is 5.41 Å². The van der Waals surface area contributed by atoms with E-state index in [-0.39, 0.29) is 71.7 Å². The maximum absolute atomic E-state index is 14.1. The molecule has 0 radical (unpaired) electrons. The molecule has 1 amide bonds. The van der Waals surface area contributed by atoms with E-state index in [0.717, 1.165) is 22.9 Å². The smallest absolute Gasteiger partial charge is 0.235 e. The van der Waals surface area contributed by atoms with Gasteiger partial charge in [-0.05, 0) is 43.2 Å². The summed E-state index contributed by atoms with van der Waals surface area (Å²) in [5.41, 5.74) is 0.659. The molecule has 4 aliphatic rings. The number of ether oxygens (including phenoxy) is 1. The first-order chi connectivity index (χ1) is 16.8. The average molecular weight is 475 g/mol. The third kappa shape index (κ3) is 3.22. The summed E-state index contributed by atoms with van der Waals surface area (Å²) in [6.07, 6.45) is 8.23. The quantitative estimate of drug-likeness (QED) is 0.389. The molecule has 2 aliphatic carbocycles. The SMILES string of the molecule is C[C@H]1C/C=C/[C@H]2[C@@H]3O[C@]3(C)[C@@H](C)[C@H]3[C@H](Cc4c[nH]c5ccccc45)NC(=O)[C@]32C(=O)CCC(=O)C1. The molecular weight excluding hydrogens is 440 g/mol. The number of hydrogen-bond acceptors (Lipinski definition) is 4. The number of hydrogen-bond donors (Lipinski definition) is 2. The van der Waals surface area contributed by atoms with Gasteiger partial charge in [0.2, 0.25) is 5.91 Å². The van der Waals surface area contributed by atoms with Gasteiger partial charge in [-0.2, -0.15) is 0 Å². The van der Waals surface area contributed by atoms with Gasteiger partial charge in [-0.15, -0.1) is 0 Å². The van der Waals surface area contributed by atoms with Crippen molar-refractivity contribution >= 4 is 28.4 Å². The maximum Gasteiger partial charge on any atom is 0.235 e. The topological polar surface area (TPSA) is 91.6 Å². The van der Waals surface area contributed by atoms with Gasteiger partial charge in [-0.3, -0.25) is 14.4 Å². The highest BCUT2D eigenvalue weighted by Gasteiger charge is 2.78. The number of rotatable bonds is 2. The number of epoxide rings is 1. The van der Waals surface area contributed by atoms with E-state index in [1.165, 1.54) is 0 Å². The minimum Gasteiger partial charge on any atom is -0.365 e. The summed E-state index contributed by atoms with van der Waals surface area (Å²) in [5.74, 6) is -0.442. The normalized spacial score (nSPS) is 42.0. The van der Waals surface area contributed by atoms with Crippen LogP contribution >= 0.6 is 0 Å². The van der Waals surface area contributed by atoms with E-state index in [0.29, 0.717) is 12.8 Å². The Morgan fingerprint density at radius 1 is 1.11 bits per heavy atom. The summed E-state index contributed by atoms with van der Waals surface area (Å²) in [5, 5.41) is 4.42. The number of benzene rings is 1. The highest BCUT2D eigenvalue weighted by molar-refractivity contribution is 6.10. The predicted octanol–water partition coefficient (Wildman–Crippen LogP) is 4.14. The maximum atomic E-state index is 14.1. The number of para-hydroxylation sites is 1. The monoisotopic (exact) mass is 474 g/mol. The molecule has 3 fully saturated rings. The lowest BCUT2D eigenvalue weighted by Crippen LogP contribution is -2.58. The molecule has 6 rings (SSSR count). The van der Waals surface area contributed by atoms with Crippen LogP contribution < -0.4 is 5.32 Å². The molecule has 1 saturated carbocycles. The van der Waals surface area contributed by atoms with Crippen LogP contribution in [0.2, 0.25) is 0 Å². The van der Waals surface area contributed by atoms with Crippen molar-refractivity contribution in [3.8, 4) is 0 Å². The van der Waals surface area contributed by atoms with Crippen LogP contribution in [-0.2, 0) is 25.5 Å². The van der Waals surface area contributed by atoms with Gasteiger partial charge in [0.1, 0.15) is 17.0 Å². The van der Waals surface area contributed by atoms with E-state index in [1.54, 1.807) is 0 Å². The number of aromatic amines is 1. The molecule has 8 atom stereocenters. The molecule has 2 aromatic rings.